The Morgan fingerprint density at radius 1 is 0.591 bits per heavy atom. The highest BCUT2D eigenvalue weighted by Crippen LogP contribution is 2.14. The van der Waals surface area contributed by atoms with Crippen LogP contribution in [0.3, 0.4) is 0 Å². The van der Waals surface area contributed by atoms with E-state index < -0.39 is 0 Å². The maximum absolute atomic E-state index is 9.35. The van der Waals surface area contributed by atoms with E-state index in [1.54, 1.807) is 0 Å². The molecule has 0 amide bonds. The summed E-state index contributed by atoms with van der Waals surface area (Å²) in [6, 6.07) is 0. The number of aliphatic hydroxyl groups is 1. The van der Waals surface area contributed by atoms with E-state index in [0.717, 1.165) is 12.8 Å². The van der Waals surface area contributed by atoms with Gasteiger partial charge in [0, 0.05) is 6.54 Å². The van der Waals surface area contributed by atoms with Crippen LogP contribution >= 0.6 is 0 Å². The number of unbranched alkanes of at least 4 members (excludes halogenated alkanes) is 15. The number of rotatable bonds is 18. The smallest absolute Gasteiger partial charge is 0.0662 e. The molecule has 2 heteroatoms. The van der Waals surface area contributed by atoms with Gasteiger partial charge in [-0.15, -0.1) is 0 Å². The van der Waals surface area contributed by atoms with Crippen molar-refractivity contribution < 1.29 is 5.11 Å². The van der Waals surface area contributed by atoms with Gasteiger partial charge in [0.05, 0.1) is 6.10 Å². The maximum Gasteiger partial charge on any atom is 0.0662 e. The SMILES string of the molecule is CCCCCCCCCCCCCCCCCCC(O)CN. The summed E-state index contributed by atoms with van der Waals surface area (Å²) in [7, 11) is 0. The highest BCUT2D eigenvalue weighted by molar-refractivity contribution is 4.56. The van der Waals surface area contributed by atoms with Crippen molar-refractivity contribution in [2.75, 3.05) is 6.54 Å². The Bertz CT molecular complexity index is 196. The van der Waals surface area contributed by atoms with E-state index in [9.17, 15) is 5.11 Å². The largest absolute Gasteiger partial charge is 0.392 e. The molecule has 0 rings (SSSR count). The van der Waals surface area contributed by atoms with E-state index in [1.165, 1.54) is 96.3 Å². The first kappa shape index (κ1) is 21.9. The first-order valence-corrected chi connectivity index (χ1v) is 10.2. The Balaban J connectivity index is 2.97. The number of hydrogen-bond acceptors (Lipinski definition) is 2. The average Bonchev–Trinajstić information content (AvgIpc) is 2.54. The van der Waals surface area contributed by atoms with Crippen LogP contribution in [0.4, 0.5) is 0 Å². The van der Waals surface area contributed by atoms with Crippen LogP contribution in [-0.2, 0) is 0 Å². The lowest BCUT2D eigenvalue weighted by molar-refractivity contribution is 0.168. The van der Waals surface area contributed by atoms with E-state index >= 15 is 0 Å². The van der Waals surface area contributed by atoms with Crippen LogP contribution in [0.2, 0.25) is 0 Å². The Morgan fingerprint density at radius 2 is 0.909 bits per heavy atom. The van der Waals surface area contributed by atoms with Crippen LogP contribution in [0.5, 0.6) is 0 Å². The zero-order chi connectivity index (χ0) is 16.3. The van der Waals surface area contributed by atoms with Crippen LogP contribution in [0, 0.1) is 0 Å². The van der Waals surface area contributed by atoms with E-state index in [4.69, 9.17) is 5.73 Å². The molecule has 0 aliphatic rings. The molecule has 0 radical (unpaired) electrons. The predicted molar refractivity (Wildman–Crippen MR) is 99.2 cm³/mol. The second kappa shape index (κ2) is 19.0. The second-order valence-corrected chi connectivity index (χ2v) is 6.98. The zero-order valence-electron chi connectivity index (χ0n) is 15.3. The molecule has 0 saturated carbocycles. The molecule has 2 nitrogen and oxygen atoms in total. The van der Waals surface area contributed by atoms with Crippen LogP contribution < -0.4 is 5.73 Å². The van der Waals surface area contributed by atoms with Crippen molar-refractivity contribution in [3.8, 4) is 0 Å². The highest BCUT2D eigenvalue weighted by atomic mass is 16.3. The molecule has 134 valence electrons. The Morgan fingerprint density at radius 3 is 1.23 bits per heavy atom. The van der Waals surface area contributed by atoms with Crippen LogP contribution in [-0.4, -0.2) is 17.8 Å². The minimum absolute atomic E-state index is 0.272. The van der Waals surface area contributed by atoms with E-state index in [2.05, 4.69) is 6.92 Å². The van der Waals surface area contributed by atoms with Crippen molar-refractivity contribution in [1.29, 1.82) is 0 Å². The molecule has 0 heterocycles. The second-order valence-electron chi connectivity index (χ2n) is 6.98. The van der Waals surface area contributed by atoms with E-state index in [-0.39, 0.29) is 6.10 Å². The fraction of sp³-hybridized carbons (Fsp3) is 1.00. The van der Waals surface area contributed by atoms with Gasteiger partial charge in [0.25, 0.3) is 0 Å². The molecule has 0 spiro atoms. The summed E-state index contributed by atoms with van der Waals surface area (Å²) in [6.07, 6.45) is 22.9. The first-order valence-electron chi connectivity index (χ1n) is 10.2. The molecule has 0 saturated heterocycles. The molecular formula is C20H43NO. The predicted octanol–water partition coefficient (Wildman–Crippen LogP) is 5.96. The highest BCUT2D eigenvalue weighted by Gasteiger charge is 1.99. The van der Waals surface area contributed by atoms with E-state index in [0.29, 0.717) is 6.54 Å². The summed E-state index contributed by atoms with van der Waals surface area (Å²) in [5.41, 5.74) is 5.39. The van der Waals surface area contributed by atoms with Crippen molar-refractivity contribution in [2.45, 2.75) is 122 Å². The van der Waals surface area contributed by atoms with Crippen molar-refractivity contribution >= 4 is 0 Å². The van der Waals surface area contributed by atoms with Gasteiger partial charge in [-0.3, -0.25) is 0 Å². The number of hydrogen-bond donors (Lipinski definition) is 2. The van der Waals surface area contributed by atoms with Crippen LogP contribution in [0.25, 0.3) is 0 Å². The summed E-state index contributed by atoms with van der Waals surface area (Å²) in [5, 5.41) is 9.35. The van der Waals surface area contributed by atoms with Gasteiger partial charge >= 0.3 is 0 Å². The molecule has 0 bridgehead atoms. The fourth-order valence-corrected chi connectivity index (χ4v) is 3.05. The lowest BCUT2D eigenvalue weighted by Gasteiger charge is -2.06. The van der Waals surface area contributed by atoms with Gasteiger partial charge < -0.3 is 10.8 Å². The number of nitrogens with two attached hydrogens (primary N) is 1. The van der Waals surface area contributed by atoms with Crippen LogP contribution in [0.15, 0.2) is 0 Å². The summed E-state index contributed by atoms with van der Waals surface area (Å²) in [6.45, 7) is 2.70. The van der Waals surface area contributed by atoms with Gasteiger partial charge in [-0.2, -0.15) is 0 Å². The molecule has 3 N–H and O–H groups in total. The van der Waals surface area contributed by atoms with Gasteiger partial charge in [-0.25, -0.2) is 0 Å². The van der Waals surface area contributed by atoms with Crippen LogP contribution in [0.1, 0.15) is 116 Å². The molecule has 0 aliphatic heterocycles. The standard InChI is InChI=1S/C20H43NO/c1-2-3-4-5-6-7-8-9-10-11-12-13-14-15-16-17-18-20(22)19-21/h20,22H,2-19,21H2,1H3. The third-order valence-corrected chi connectivity index (χ3v) is 4.66. The molecule has 0 aromatic heterocycles. The van der Waals surface area contributed by atoms with Crippen molar-refractivity contribution in [3.63, 3.8) is 0 Å². The maximum atomic E-state index is 9.35. The van der Waals surface area contributed by atoms with Gasteiger partial charge in [-0.1, -0.05) is 110 Å². The Kier molecular flexibility index (Phi) is 18.9. The average molecular weight is 314 g/mol. The summed E-state index contributed by atoms with van der Waals surface area (Å²) in [5.74, 6) is 0. The topological polar surface area (TPSA) is 46.2 Å². The summed E-state index contributed by atoms with van der Waals surface area (Å²) >= 11 is 0. The monoisotopic (exact) mass is 313 g/mol. The molecule has 22 heavy (non-hydrogen) atoms. The molecule has 0 fully saturated rings. The zero-order valence-corrected chi connectivity index (χ0v) is 15.3. The van der Waals surface area contributed by atoms with Gasteiger partial charge in [0.2, 0.25) is 0 Å². The summed E-state index contributed by atoms with van der Waals surface area (Å²) in [4.78, 5) is 0. The minimum Gasteiger partial charge on any atom is -0.392 e. The molecule has 1 atom stereocenters. The quantitative estimate of drug-likeness (QED) is 0.307. The van der Waals surface area contributed by atoms with Crippen molar-refractivity contribution in [3.05, 3.63) is 0 Å². The van der Waals surface area contributed by atoms with Crippen molar-refractivity contribution in [2.24, 2.45) is 5.73 Å². The third-order valence-electron chi connectivity index (χ3n) is 4.66. The minimum atomic E-state index is -0.272. The lowest BCUT2D eigenvalue weighted by Crippen LogP contribution is -2.19. The Hall–Kier alpha value is -0.0800. The molecule has 0 aliphatic carbocycles. The molecule has 0 aromatic carbocycles. The molecular weight excluding hydrogens is 270 g/mol. The van der Waals surface area contributed by atoms with Gasteiger partial charge in [0.15, 0.2) is 0 Å². The molecule has 1 unspecified atom stereocenters. The fourth-order valence-electron chi connectivity index (χ4n) is 3.05. The number of aliphatic hydroxyl groups excluding tert-OH is 1. The normalized spacial score (nSPS) is 12.7. The summed E-state index contributed by atoms with van der Waals surface area (Å²) < 4.78 is 0. The molecule has 0 aromatic rings. The van der Waals surface area contributed by atoms with Gasteiger partial charge in [-0.05, 0) is 6.42 Å². The first-order chi connectivity index (χ1) is 10.8. The van der Waals surface area contributed by atoms with E-state index in [1.807, 2.05) is 0 Å². The van der Waals surface area contributed by atoms with Gasteiger partial charge in [0.1, 0.15) is 0 Å². The Labute approximate surface area is 140 Å². The lowest BCUT2D eigenvalue weighted by atomic mass is 10.0. The third kappa shape index (κ3) is 18.0. The van der Waals surface area contributed by atoms with Crippen molar-refractivity contribution in [1.82, 2.24) is 0 Å².